The van der Waals surface area contributed by atoms with Gasteiger partial charge in [-0.05, 0) is 44.0 Å². The summed E-state index contributed by atoms with van der Waals surface area (Å²) in [5.74, 6) is -0.369. The number of halogens is 2. The number of nitrogens with zero attached hydrogens (tertiary/aromatic N) is 5. The van der Waals surface area contributed by atoms with E-state index in [1.165, 1.54) is 18.9 Å². The van der Waals surface area contributed by atoms with E-state index in [0.29, 0.717) is 17.5 Å². The predicted octanol–water partition coefficient (Wildman–Crippen LogP) is 5.16. The minimum atomic E-state index is -0.471. The molecule has 1 aliphatic rings. The molecule has 0 amide bonds. The van der Waals surface area contributed by atoms with Crippen LogP contribution in [0.5, 0.6) is 0 Å². The molecule has 1 aromatic carbocycles. The maximum atomic E-state index is 14.1. The first-order valence-corrected chi connectivity index (χ1v) is 10.2. The molecule has 1 atom stereocenters. The average molecular weight is 408 g/mol. The van der Waals surface area contributed by atoms with Crippen molar-refractivity contribution in [3.63, 3.8) is 0 Å². The molecule has 6 nitrogen and oxygen atoms in total. The van der Waals surface area contributed by atoms with Gasteiger partial charge in [0, 0.05) is 29.1 Å². The van der Waals surface area contributed by atoms with E-state index in [1.807, 2.05) is 10.9 Å². The zero-order valence-corrected chi connectivity index (χ0v) is 16.6. The third-order valence-electron chi connectivity index (χ3n) is 5.77. The van der Waals surface area contributed by atoms with E-state index in [4.69, 9.17) is 0 Å². The molecular formula is C22H22F2N6. The first-order valence-electron chi connectivity index (χ1n) is 10.2. The standard InChI is InChI=1S/C22H22F2N6/c1-14(18-10-16(23)6-7-20(18)24)27-21-8-9-29-22(28-21)19(12-26-29)15-11-25-30(13-15)17-4-2-3-5-17/h6-14,17H,2-5H2,1H3,(H,27,28)/t14-/m1/s1. The van der Waals surface area contributed by atoms with Crippen LogP contribution >= 0.6 is 0 Å². The number of hydrogen-bond donors (Lipinski definition) is 1. The molecule has 1 saturated carbocycles. The van der Waals surface area contributed by atoms with Gasteiger partial charge in [0.15, 0.2) is 5.65 Å². The number of nitrogens with one attached hydrogen (secondary N) is 1. The van der Waals surface area contributed by atoms with Gasteiger partial charge in [0.1, 0.15) is 17.5 Å². The summed E-state index contributed by atoms with van der Waals surface area (Å²) in [5, 5.41) is 12.1. The molecule has 1 aliphatic carbocycles. The van der Waals surface area contributed by atoms with Crippen LogP contribution in [0.3, 0.4) is 0 Å². The van der Waals surface area contributed by atoms with E-state index in [0.717, 1.165) is 36.1 Å². The van der Waals surface area contributed by atoms with Crippen molar-refractivity contribution in [1.29, 1.82) is 0 Å². The molecule has 0 spiro atoms. The van der Waals surface area contributed by atoms with Gasteiger partial charge >= 0.3 is 0 Å². The van der Waals surface area contributed by atoms with Crippen molar-refractivity contribution in [2.45, 2.75) is 44.7 Å². The van der Waals surface area contributed by atoms with E-state index >= 15 is 0 Å². The van der Waals surface area contributed by atoms with E-state index in [-0.39, 0.29) is 5.56 Å². The van der Waals surface area contributed by atoms with Crippen LogP contribution in [0, 0.1) is 11.6 Å². The van der Waals surface area contributed by atoms with Gasteiger partial charge < -0.3 is 5.32 Å². The summed E-state index contributed by atoms with van der Waals surface area (Å²) in [4.78, 5) is 4.67. The van der Waals surface area contributed by atoms with Gasteiger partial charge in [-0.2, -0.15) is 10.2 Å². The summed E-state index contributed by atoms with van der Waals surface area (Å²) in [6, 6.07) is 5.23. The van der Waals surface area contributed by atoms with Gasteiger partial charge in [0.25, 0.3) is 0 Å². The van der Waals surface area contributed by atoms with Crippen molar-refractivity contribution >= 4 is 11.5 Å². The largest absolute Gasteiger partial charge is 0.363 e. The molecule has 3 aromatic heterocycles. The van der Waals surface area contributed by atoms with Crippen LogP contribution in [0.4, 0.5) is 14.6 Å². The van der Waals surface area contributed by atoms with Crippen LogP contribution in [0.1, 0.15) is 50.3 Å². The van der Waals surface area contributed by atoms with Gasteiger partial charge in [0.2, 0.25) is 0 Å². The fourth-order valence-electron chi connectivity index (χ4n) is 4.14. The molecule has 30 heavy (non-hydrogen) atoms. The van der Waals surface area contributed by atoms with Crippen molar-refractivity contribution in [3.05, 3.63) is 66.3 Å². The lowest BCUT2D eigenvalue weighted by molar-refractivity contribution is 0.467. The molecule has 4 aromatic rings. The lowest BCUT2D eigenvalue weighted by Crippen LogP contribution is -2.10. The second-order valence-electron chi connectivity index (χ2n) is 7.82. The molecule has 0 bridgehead atoms. The number of anilines is 1. The summed E-state index contributed by atoms with van der Waals surface area (Å²) in [5.41, 5.74) is 2.78. The summed E-state index contributed by atoms with van der Waals surface area (Å²) in [7, 11) is 0. The second-order valence-corrected chi connectivity index (χ2v) is 7.82. The number of hydrogen-bond acceptors (Lipinski definition) is 4. The van der Waals surface area contributed by atoms with Crippen molar-refractivity contribution < 1.29 is 8.78 Å². The maximum absolute atomic E-state index is 14.1. The van der Waals surface area contributed by atoms with Crippen molar-refractivity contribution in [1.82, 2.24) is 24.4 Å². The first kappa shape index (κ1) is 18.7. The fraction of sp³-hybridized carbons (Fsp3) is 0.318. The van der Waals surface area contributed by atoms with Crippen LogP contribution in [-0.2, 0) is 0 Å². The molecule has 0 saturated heterocycles. The van der Waals surface area contributed by atoms with E-state index < -0.39 is 17.7 Å². The van der Waals surface area contributed by atoms with Crippen LogP contribution < -0.4 is 5.32 Å². The minimum Gasteiger partial charge on any atom is -0.363 e. The molecule has 8 heteroatoms. The minimum absolute atomic E-state index is 0.253. The molecule has 1 N–H and O–H groups in total. The average Bonchev–Trinajstić information content (AvgIpc) is 3.49. The zero-order valence-electron chi connectivity index (χ0n) is 16.6. The maximum Gasteiger partial charge on any atom is 0.165 e. The molecule has 1 fully saturated rings. The smallest absolute Gasteiger partial charge is 0.165 e. The number of fused-ring (bicyclic) bond motifs is 1. The number of benzene rings is 1. The Morgan fingerprint density at radius 1 is 1.10 bits per heavy atom. The molecule has 0 radical (unpaired) electrons. The quantitative estimate of drug-likeness (QED) is 0.496. The molecule has 5 rings (SSSR count). The first-order chi connectivity index (χ1) is 14.6. The molecular weight excluding hydrogens is 386 g/mol. The normalized spacial score (nSPS) is 15.7. The Balaban J connectivity index is 1.44. The van der Waals surface area contributed by atoms with Gasteiger partial charge in [-0.1, -0.05) is 12.8 Å². The van der Waals surface area contributed by atoms with E-state index in [1.54, 1.807) is 29.9 Å². The summed E-state index contributed by atoms with van der Waals surface area (Å²) < 4.78 is 31.4. The number of rotatable bonds is 5. The summed E-state index contributed by atoms with van der Waals surface area (Å²) in [6.07, 6.45) is 12.3. The van der Waals surface area contributed by atoms with E-state index in [9.17, 15) is 8.78 Å². The topological polar surface area (TPSA) is 60.0 Å². The Bertz CT molecular complexity index is 1190. The van der Waals surface area contributed by atoms with E-state index in [2.05, 4.69) is 26.7 Å². The molecule has 154 valence electrons. The van der Waals surface area contributed by atoms with Crippen molar-refractivity contribution in [3.8, 4) is 11.1 Å². The van der Waals surface area contributed by atoms with Gasteiger partial charge in [-0.25, -0.2) is 18.3 Å². The highest BCUT2D eigenvalue weighted by molar-refractivity contribution is 5.76. The second kappa shape index (κ2) is 7.51. The monoisotopic (exact) mass is 408 g/mol. The Morgan fingerprint density at radius 2 is 1.93 bits per heavy atom. The fourth-order valence-corrected chi connectivity index (χ4v) is 4.14. The van der Waals surface area contributed by atoms with Gasteiger partial charge in [0.05, 0.1) is 24.5 Å². The highest BCUT2D eigenvalue weighted by Gasteiger charge is 2.19. The lowest BCUT2D eigenvalue weighted by atomic mass is 10.1. The third-order valence-corrected chi connectivity index (χ3v) is 5.77. The third kappa shape index (κ3) is 3.42. The van der Waals surface area contributed by atoms with Gasteiger partial charge in [-0.3, -0.25) is 4.68 Å². The Hall–Kier alpha value is -3.29. The van der Waals surface area contributed by atoms with Crippen molar-refractivity contribution in [2.75, 3.05) is 5.32 Å². The molecule has 3 heterocycles. The lowest BCUT2D eigenvalue weighted by Gasteiger charge is -2.16. The Kier molecular flexibility index (Phi) is 4.69. The SMILES string of the molecule is C[C@@H](Nc1ccn2ncc(-c3cnn(C4CCCC4)c3)c2n1)c1cc(F)ccc1F. The highest BCUT2D eigenvalue weighted by atomic mass is 19.1. The number of aromatic nitrogens is 5. The van der Waals surface area contributed by atoms with Crippen molar-refractivity contribution in [2.24, 2.45) is 0 Å². The van der Waals surface area contributed by atoms with Crippen LogP contribution in [-0.4, -0.2) is 24.4 Å². The Morgan fingerprint density at radius 3 is 2.77 bits per heavy atom. The zero-order chi connectivity index (χ0) is 20.7. The molecule has 0 aliphatic heterocycles. The van der Waals surface area contributed by atoms with Gasteiger partial charge in [-0.15, -0.1) is 0 Å². The van der Waals surface area contributed by atoms with Crippen LogP contribution in [0.25, 0.3) is 16.8 Å². The predicted molar refractivity (Wildman–Crippen MR) is 110 cm³/mol. The highest BCUT2D eigenvalue weighted by Crippen LogP contribution is 2.31. The van der Waals surface area contributed by atoms with Crippen LogP contribution in [0.2, 0.25) is 0 Å². The Labute approximate surface area is 172 Å². The molecule has 0 unspecified atom stereocenters. The summed E-state index contributed by atoms with van der Waals surface area (Å²) >= 11 is 0. The van der Waals surface area contributed by atoms with Crippen LogP contribution in [0.15, 0.2) is 49.1 Å². The summed E-state index contributed by atoms with van der Waals surface area (Å²) in [6.45, 7) is 1.77.